The third-order valence-corrected chi connectivity index (χ3v) is 6.67. The Hall–Kier alpha value is -2.43. The highest BCUT2D eigenvalue weighted by molar-refractivity contribution is 5.79. The second-order valence-corrected chi connectivity index (χ2v) is 8.81. The smallest absolute Gasteiger partial charge is 0.225 e. The number of nitrogens with zero attached hydrogens (tertiary/aromatic N) is 4. The van der Waals surface area contributed by atoms with Gasteiger partial charge in [-0.3, -0.25) is 4.79 Å². The van der Waals surface area contributed by atoms with Crippen LogP contribution in [0.4, 0.5) is 5.82 Å². The summed E-state index contributed by atoms with van der Waals surface area (Å²) in [6, 6.07) is 8.38. The molecule has 30 heavy (non-hydrogen) atoms. The summed E-state index contributed by atoms with van der Waals surface area (Å²) in [5.41, 5.74) is 4.55. The molecule has 0 radical (unpaired) electrons. The van der Waals surface area contributed by atoms with Crippen molar-refractivity contribution >= 4 is 11.7 Å². The zero-order valence-corrected chi connectivity index (χ0v) is 18.7. The molecule has 2 aliphatic rings. The van der Waals surface area contributed by atoms with E-state index in [1.807, 2.05) is 0 Å². The Labute approximate surface area is 180 Å². The van der Waals surface area contributed by atoms with Crippen LogP contribution in [0.1, 0.15) is 55.8 Å². The van der Waals surface area contributed by atoms with Gasteiger partial charge in [0.15, 0.2) is 5.82 Å². The molecule has 1 aromatic heterocycles. The predicted molar refractivity (Wildman–Crippen MR) is 122 cm³/mol. The molecule has 1 saturated carbocycles. The van der Waals surface area contributed by atoms with Gasteiger partial charge in [0.25, 0.3) is 0 Å². The van der Waals surface area contributed by atoms with Crippen LogP contribution in [0.25, 0.3) is 11.4 Å². The Balaban J connectivity index is 1.53. The molecule has 1 aromatic carbocycles. The first kappa shape index (κ1) is 20.8. The minimum atomic E-state index is 0.255. The summed E-state index contributed by atoms with van der Waals surface area (Å²) in [5.74, 6) is 2.48. The molecular weight excluding hydrogens is 372 g/mol. The zero-order chi connectivity index (χ0) is 21.1. The Kier molecular flexibility index (Phi) is 6.35. The van der Waals surface area contributed by atoms with Crippen molar-refractivity contribution in [2.24, 2.45) is 5.92 Å². The molecule has 0 atom stereocenters. The van der Waals surface area contributed by atoms with Gasteiger partial charge in [0, 0.05) is 48.9 Å². The summed E-state index contributed by atoms with van der Waals surface area (Å²) in [6.07, 6.45) is 6.76. The lowest BCUT2D eigenvalue weighted by molar-refractivity contribution is -0.136. The van der Waals surface area contributed by atoms with Crippen LogP contribution in [-0.2, 0) is 11.2 Å². The fourth-order valence-corrected chi connectivity index (χ4v) is 4.92. The fourth-order valence-electron chi connectivity index (χ4n) is 4.92. The van der Waals surface area contributed by atoms with Gasteiger partial charge in [0.05, 0.1) is 0 Å². The average molecular weight is 407 g/mol. The molecule has 1 aliphatic heterocycles. The van der Waals surface area contributed by atoms with Crippen LogP contribution in [0.3, 0.4) is 0 Å². The molecule has 160 valence electrons. The Bertz CT molecular complexity index is 896. The van der Waals surface area contributed by atoms with Crippen LogP contribution < -0.4 is 4.90 Å². The number of benzene rings is 1. The van der Waals surface area contributed by atoms with Gasteiger partial charge >= 0.3 is 0 Å². The van der Waals surface area contributed by atoms with E-state index in [4.69, 9.17) is 9.97 Å². The number of hydrogen-bond acceptors (Lipinski definition) is 4. The molecule has 2 aromatic rings. The summed E-state index contributed by atoms with van der Waals surface area (Å²) >= 11 is 0. The van der Waals surface area contributed by atoms with Crippen molar-refractivity contribution in [1.29, 1.82) is 0 Å². The standard InChI is InChI=1S/C25H34N4O/c1-4-22-19(3)26-23(21-12-8-9-18(2)17-21)27-24(22)28-13-15-29(16-14-28)25(30)20-10-6-5-7-11-20/h8-9,12,17,20H,4-7,10-11,13-16H2,1-3H3. The number of amides is 1. The van der Waals surface area contributed by atoms with Crippen molar-refractivity contribution in [1.82, 2.24) is 14.9 Å². The first-order valence-corrected chi connectivity index (χ1v) is 11.5. The van der Waals surface area contributed by atoms with Gasteiger partial charge in [0.2, 0.25) is 5.91 Å². The normalized spacial score (nSPS) is 18.0. The van der Waals surface area contributed by atoms with Crippen LogP contribution in [0.5, 0.6) is 0 Å². The van der Waals surface area contributed by atoms with E-state index in [1.54, 1.807) is 0 Å². The van der Waals surface area contributed by atoms with Crippen LogP contribution in [-0.4, -0.2) is 47.0 Å². The van der Waals surface area contributed by atoms with E-state index in [1.165, 1.54) is 30.4 Å². The summed E-state index contributed by atoms with van der Waals surface area (Å²) in [4.78, 5) is 27.2. The molecule has 1 aliphatic carbocycles. The molecular formula is C25H34N4O. The van der Waals surface area contributed by atoms with E-state index >= 15 is 0 Å². The maximum Gasteiger partial charge on any atom is 0.225 e. The molecule has 5 nitrogen and oxygen atoms in total. The molecule has 5 heteroatoms. The van der Waals surface area contributed by atoms with Gasteiger partial charge in [-0.2, -0.15) is 0 Å². The fraction of sp³-hybridized carbons (Fsp3) is 0.560. The van der Waals surface area contributed by atoms with Gasteiger partial charge in [-0.15, -0.1) is 0 Å². The van der Waals surface area contributed by atoms with E-state index in [0.29, 0.717) is 5.91 Å². The number of carbonyl (C=O) groups is 1. The van der Waals surface area contributed by atoms with Crippen molar-refractivity contribution in [3.05, 3.63) is 41.1 Å². The maximum absolute atomic E-state index is 12.9. The van der Waals surface area contributed by atoms with Crippen molar-refractivity contribution < 1.29 is 4.79 Å². The second-order valence-electron chi connectivity index (χ2n) is 8.81. The van der Waals surface area contributed by atoms with Crippen molar-refractivity contribution in [3.8, 4) is 11.4 Å². The molecule has 0 spiro atoms. The van der Waals surface area contributed by atoms with Gasteiger partial charge < -0.3 is 9.80 Å². The Morgan fingerprint density at radius 2 is 1.77 bits per heavy atom. The molecule has 0 bridgehead atoms. The van der Waals surface area contributed by atoms with E-state index < -0.39 is 0 Å². The lowest BCUT2D eigenvalue weighted by Gasteiger charge is -2.38. The van der Waals surface area contributed by atoms with Crippen LogP contribution in [0, 0.1) is 19.8 Å². The molecule has 1 amide bonds. The summed E-state index contributed by atoms with van der Waals surface area (Å²) in [6.45, 7) is 9.63. The molecule has 0 unspecified atom stereocenters. The third kappa shape index (κ3) is 4.35. The number of anilines is 1. The van der Waals surface area contributed by atoms with E-state index in [2.05, 4.69) is 54.8 Å². The van der Waals surface area contributed by atoms with E-state index in [0.717, 1.165) is 68.3 Å². The van der Waals surface area contributed by atoms with Gasteiger partial charge in [0.1, 0.15) is 5.82 Å². The highest BCUT2D eigenvalue weighted by Crippen LogP contribution is 2.29. The molecule has 1 saturated heterocycles. The number of aryl methyl sites for hydroxylation is 2. The molecule has 4 rings (SSSR count). The maximum atomic E-state index is 12.9. The average Bonchev–Trinajstić information content (AvgIpc) is 2.79. The number of aromatic nitrogens is 2. The summed E-state index contributed by atoms with van der Waals surface area (Å²) in [7, 11) is 0. The highest BCUT2D eigenvalue weighted by atomic mass is 16.2. The van der Waals surface area contributed by atoms with Crippen molar-refractivity contribution in [2.75, 3.05) is 31.1 Å². The predicted octanol–water partition coefficient (Wildman–Crippen LogP) is 4.55. The van der Waals surface area contributed by atoms with Crippen LogP contribution in [0.15, 0.2) is 24.3 Å². The first-order chi connectivity index (χ1) is 14.6. The molecule has 2 fully saturated rings. The topological polar surface area (TPSA) is 49.3 Å². The number of hydrogen-bond donors (Lipinski definition) is 0. The lowest BCUT2D eigenvalue weighted by Crippen LogP contribution is -2.51. The number of piperazine rings is 1. The largest absolute Gasteiger partial charge is 0.353 e. The number of carbonyl (C=O) groups excluding carboxylic acids is 1. The van der Waals surface area contributed by atoms with Gasteiger partial charge in [-0.05, 0) is 39.2 Å². The van der Waals surface area contributed by atoms with E-state index in [9.17, 15) is 4.79 Å². The third-order valence-electron chi connectivity index (χ3n) is 6.67. The minimum Gasteiger partial charge on any atom is -0.353 e. The highest BCUT2D eigenvalue weighted by Gasteiger charge is 2.29. The monoisotopic (exact) mass is 406 g/mol. The van der Waals surface area contributed by atoms with Gasteiger partial charge in [-0.1, -0.05) is 49.9 Å². The van der Waals surface area contributed by atoms with Crippen LogP contribution >= 0.6 is 0 Å². The quantitative estimate of drug-likeness (QED) is 0.747. The van der Waals surface area contributed by atoms with Crippen molar-refractivity contribution in [2.45, 2.75) is 59.3 Å². The lowest BCUT2D eigenvalue weighted by atomic mass is 9.88. The first-order valence-electron chi connectivity index (χ1n) is 11.5. The molecule has 0 N–H and O–H groups in total. The summed E-state index contributed by atoms with van der Waals surface area (Å²) in [5, 5.41) is 0. The van der Waals surface area contributed by atoms with Crippen LogP contribution in [0.2, 0.25) is 0 Å². The molecule has 2 heterocycles. The zero-order valence-electron chi connectivity index (χ0n) is 18.7. The SMILES string of the molecule is CCc1c(C)nc(-c2cccc(C)c2)nc1N1CCN(C(=O)C2CCCCC2)CC1. The number of rotatable bonds is 4. The second kappa shape index (κ2) is 9.15. The summed E-state index contributed by atoms with van der Waals surface area (Å²) < 4.78 is 0. The minimum absolute atomic E-state index is 0.255. The van der Waals surface area contributed by atoms with Crippen molar-refractivity contribution in [3.63, 3.8) is 0 Å². The van der Waals surface area contributed by atoms with Gasteiger partial charge in [-0.25, -0.2) is 9.97 Å². The Morgan fingerprint density at radius 3 is 2.43 bits per heavy atom. The Morgan fingerprint density at radius 1 is 1.03 bits per heavy atom. The van der Waals surface area contributed by atoms with E-state index in [-0.39, 0.29) is 5.92 Å².